The molecule has 0 fully saturated rings. The highest BCUT2D eigenvalue weighted by Gasteiger charge is 2.20. The Kier molecular flexibility index (Phi) is 3.29. The fraction of sp³-hybridized carbons (Fsp3) is 0.286. The first-order valence-electron chi connectivity index (χ1n) is 5.99. The van der Waals surface area contributed by atoms with Crippen LogP contribution in [-0.4, -0.2) is 21.2 Å². The summed E-state index contributed by atoms with van der Waals surface area (Å²) in [6, 6.07) is 6.98. The van der Waals surface area contributed by atoms with E-state index in [-0.39, 0.29) is 0 Å². The number of nitrogens with two attached hydrogens (primary N) is 1. The van der Waals surface area contributed by atoms with Crippen LogP contribution < -0.4 is 5.73 Å². The average molecular weight is 259 g/mol. The Labute approximate surface area is 112 Å². The van der Waals surface area contributed by atoms with E-state index in [4.69, 9.17) is 10.5 Å². The molecule has 0 saturated carbocycles. The highest BCUT2D eigenvalue weighted by molar-refractivity contribution is 5.78. The van der Waals surface area contributed by atoms with Crippen LogP contribution in [0.3, 0.4) is 0 Å². The summed E-state index contributed by atoms with van der Waals surface area (Å²) < 4.78 is 6.76. The van der Waals surface area contributed by atoms with Crippen molar-refractivity contribution in [1.29, 1.82) is 0 Å². The number of ether oxygens (including phenoxy) is 1. The fourth-order valence-electron chi connectivity index (χ4n) is 1.65. The number of pyridine rings is 1. The summed E-state index contributed by atoms with van der Waals surface area (Å²) in [4.78, 5) is 16.3. The van der Waals surface area contributed by atoms with Crippen LogP contribution in [-0.2, 0) is 4.74 Å². The second-order valence-corrected chi connectivity index (χ2v) is 5.22. The summed E-state index contributed by atoms with van der Waals surface area (Å²) in [7, 11) is 0. The quantitative estimate of drug-likeness (QED) is 0.854. The van der Waals surface area contributed by atoms with Gasteiger partial charge in [0.05, 0.1) is 11.4 Å². The molecule has 5 nitrogen and oxygen atoms in total. The average Bonchev–Trinajstić information content (AvgIpc) is 2.75. The fourth-order valence-corrected chi connectivity index (χ4v) is 1.65. The summed E-state index contributed by atoms with van der Waals surface area (Å²) in [6.45, 7) is 5.48. The number of aromatic nitrogens is 2. The molecule has 0 unspecified atom stereocenters. The van der Waals surface area contributed by atoms with Crippen LogP contribution >= 0.6 is 0 Å². The maximum absolute atomic E-state index is 12.1. The molecule has 2 heterocycles. The second kappa shape index (κ2) is 4.76. The molecular weight excluding hydrogens is 242 g/mol. The van der Waals surface area contributed by atoms with Crippen LogP contribution in [0.2, 0.25) is 0 Å². The summed E-state index contributed by atoms with van der Waals surface area (Å²) in [5, 5.41) is 0. The Morgan fingerprint density at radius 3 is 2.74 bits per heavy atom. The largest absolute Gasteiger partial charge is 0.443 e. The molecule has 0 aliphatic rings. The van der Waals surface area contributed by atoms with Crippen LogP contribution in [0.1, 0.15) is 20.8 Å². The molecule has 2 N–H and O–H groups in total. The van der Waals surface area contributed by atoms with Crippen molar-refractivity contribution < 1.29 is 9.53 Å². The Hall–Kier alpha value is -2.30. The van der Waals surface area contributed by atoms with Gasteiger partial charge in [0.1, 0.15) is 5.60 Å². The third-order valence-electron chi connectivity index (χ3n) is 2.39. The zero-order valence-corrected chi connectivity index (χ0v) is 11.3. The van der Waals surface area contributed by atoms with E-state index in [9.17, 15) is 4.79 Å². The van der Waals surface area contributed by atoms with E-state index in [1.165, 1.54) is 4.57 Å². The van der Waals surface area contributed by atoms with Crippen LogP contribution in [0.25, 0.3) is 11.4 Å². The molecule has 0 aliphatic carbocycles. The van der Waals surface area contributed by atoms with E-state index in [1.807, 2.05) is 20.8 Å². The van der Waals surface area contributed by atoms with Gasteiger partial charge in [0.25, 0.3) is 0 Å². The summed E-state index contributed by atoms with van der Waals surface area (Å²) >= 11 is 0. The van der Waals surface area contributed by atoms with Crippen molar-refractivity contribution >= 4 is 11.8 Å². The Morgan fingerprint density at radius 2 is 2.11 bits per heavy atom. The van der Waals surface area contributed by atoms with Crippen LogP contribution in [0.15, 0.2) is 36.7 Å². The zero-order valence-electron chi connectivity index (χ0n) is 11.3. The first-order chi connectivity index (χ1) is 8.87. The smallest absolute Gasteiger partial charge is 0.419 e. The molecule has 19 heavy (non-hydrogen) atoms. The molecule has 2 aromatic heterocycles. The molecule has 0 aromatic carbocycles. The zero-order chi connectivity index (χ0) is 14.0. The molecule has 0 bridgehead atoms. The molecule has 5 heteroatoms. The van der Waals surface area contributed by atoms with E-state index in [1.54, 1.807) is 36.7 Å². The third kappa shape index (κ3) is 3.13. The lowest BCUT2D eigenvalue weighted by Gasteiger charge is -2.20. The van der Waals surface area contributed by atoms with E-state index in [0.29, 0.717) is 17.1 Å². The molecule has 0 atom stereocenters. The van der Waals surface area contributed by atoms with Crippen molar-refractivity contribution in [2.45, 2.75) is 26.4 Å². The van der Waals surface area contributed by atoms with E-state index in [0.717, 1.165) is 0 Å². The third-order valence-corrected chi connectivity index (χ3v) is 2.39. The van der Waals surface area contributed by atoms with Gasteiger partial charge in [0.15, 0.2) is 0 Å². The molecule has 0 aliphatic heterocycles. The van der Waals surface area contributed by atoms with Crippen molar-refractivity contribution in [1.82, 2.24) is 9.55 Å². The van der Waals surface area contributed by atoms with Gasteiger partial charge in [-0.25, -0.2) is 4.79 Å². The van der Waals surface area contributed by atoms with E-state index >= 15 is 0 Å². The van der Waals surface area contributed by atoms with Crippen molar-refractivity contribution in [3.63, 3.8) is 0 Å². The standard InChI is InChI=1S/C14H17N3O2/c1-14(2,3)19-13(18)17-8-4-5-12(17)11-9-10(15)6-7-16-11/h4-9H,1-3H3,(H2,15,16). The Morgan fingerprint density at radius 1 is 1.37 bits per heavy atom. The summed E-state index contributed by atoms with van der Waals surface area (Å²) in [5.41, 5.74) is 7.08. The maximum Gasteiger partial charge on any atom is 0.419 e. The molecule has 0 amide bonds. The van der Waals surface area contributed by atoms with Gasteiger partial charge in [0.2, 0.25) is 0 Å². The predicted octanol–water partition coefficient (Wildman–Crippen LogP) is 2.92. The van der Waals surface area contributed by atoms with Crippen LogP contribution in [0.5, 0.6) is 0 Å². The molecule has 0 saturated heterocycles. The predicted molar refractivity (Wildman–Crippen MR) is 73.7 cm³/mol. The number of rotatable bonds is 1. The van der Waals surface area contributed by atoms with E-state index in [2.05, 4.69) is 4.98 Å². The van der Waals surface area contributed by atoms with Gasteiger partial charge in [-0.1, -0.05) is 0 Å². The van der Waals surface area contributed by atoms with Gasteiger partial charge >= 0.3 is 6.09 Å². The van der Waals surface area contributed by atoms with Crippen molar-refractivity contribution in [3.8, 4) is 11.4 Å². The minimum absolute atomic E-state index is 0.434. The minimum Gasteiger partial charge on any atom is -0.443 e. The molecule has 0 radical (unpaired) electrons. The Bertz CT molecular complexity index is 597. The van der Waals surface area contributed by atoms with Crippen molar-refractivity contribution in [2.24, 2.45) is 0 Å². The number of hydrogen-bond acceptors (Lipinski definition) is 4. The lowest BCUT2D eigenvalue weighted by atomic mass is 10.2. The molecule has 0 spiro atoms. The second-order valence-electron chi connectivity index (χ2n) is 5.22. The van der Waals surface area contributed by atoms with Gasteiger partial charge in [-0.15, -0.1) is 0 Å². The van der Waals surface area contributed by atoms with Gasteiger partial charge in [-0.05, 0) is 45.0 Å². The number of carbonyl (C=O) groups excluding carboxylic acids is 1. The monoisotopic (exact) mass is 259 g/mol. The highest BCUT2D eigenvalue weighted by Crippen LogP contribution is 2.21. The highest BCUT2D eigenvalue weighted by atomic mass is 16.6. The molecule has 2 rings (SSSR count). The molecule has 100 valence electrons. The number of nitrogen functional groups attached to an aromatic ring is 1. The number of hydrogen-bond donors (Lipinski definition) is 1. The molecular formula is C14H17N3O2. The van der Waals surface area contributed by atoms with Crippen molar-refractivity contribution in [2.75, 3.05) is 5.73 Å². The van der Waals surface area contributed by atoms with Gasteiger partial charge in [0, 0.05) is 18.1 Å². The maximum atomic E-state index is 12.1. The lowest BCUT2D eigenvalue weighted by Crippen LogP contribution is -2.27. The van der Waals surface area contributed by atoms with Gasteiger partial charge in [-0.3, -0.25) is 9.55 Å². The molecule has 2 aromatic rings. The van der Waals surface area contributed by atoms with E-state index < -0.39 is 11.7 Å². The topological polar surface area (TPSA) is 70.1 Å². The first kappa shape index (κ1) is 13.1. The van der Waals surface area contributed by atoms with Crippen LogP contribution in [0, 0.1) is 0 Å². The normalized spacial score (nSPS) is 11.3. The lowest BCUT2D eigenvalue weighted by molar-refractivity contribution is 0.0540. The van der Waals surface area contributed by atoms with Gasteiger partial charge in [-0.2, -0.15) is 0 Å². The number of carbonyl (C=O) groups is 1. The van der Waals surface area contributed by atoms with Crippen molar-refractivity contribution in [3.05, 3.63) is 36.7 Å². The number of anilines is 1. The Balaban J connectivity index is 2.35. The SMILES string of the molecule is CC(C)(C)OC(=O)n1cccc1-c1cc(N)ccn1. The van der Waals surface area contributed by atoms with Gasteiger partial charge < -0.3 is 10.5 Å². The number of nitrogens with zero attached hydrogens (tertiary/aromatic N) is 2. The minimum atomic E-state index is -0.540. The first-order valence-corrected chi connectivity index (χ1v) is 5.99. The summed E-state index contributed by atoms with van der Waals surface area (Å²) in [6.07, 6.45) is 2.82. The summed E-state index contributed by atoms with van der Waals surface area (Å²) in [5.74, 6) is 0. The van der Waals surface area contributed by atoms with Crippen LogP contribution in [0.4, 0.5) is 10.5 Å².